The first-order valence-electron chi connectivity index (χ1n) is 33.1. The van der Waals surface area contributed by atoms with Crippen LogP contribution in [0, 0.1) is 52.3 Å². The third kappa shape index (κ3) is 26.2. The van der Waals surface area contributed by atoms with Gasteiger partial charge < -0.3 is 64.1 Å². The lowest BCUT2D eigenvalue weighted by Gasteiger charge is -2.58. The normalized spacial score (nSPS) is 23.9. The van der Waals surface area contributed by atoms with Gasteiger partial charge in [0.05, 0.1) is 59.0 Å². The second-order valence-electron chi connectivity index (χ2n) is 28.9. The highest BCUT2D eigenvalue weighted by Gasteiger charge is 2.59. The third-order valence-corrected chi connectivity index (χ3v) is 18.1. The predicted octanol–water partition coefficient (Wildman–Crippen LogP) is 12.1. The Morgan fingerprint density at radius 1 is 0.624 bits per heavy atom. The molecule has 4 aliphatic rings. The largest absolute Gasteiger partial charge is 0.444 e. The summed E-state index contributed by atoms with van der Waals surface area (Å²) < 4.78 is 45.9. The molecule has 4 amide bonds. The van der Waals surface area contributed by atoms with E-state index in [1.165, 1.54) is 51.4 Å². The molecule has 4 rings (SSSR count). The number of ketones is 1. The summed E-state index contributed by atoms with van der Waals surface area (Å²) in [5, 5.41) is 5.71. The number of ether oxygens (including phenoxy) is 8. The van der Waals surface area contributed by atoms with E-state index >= 15 is 0 Å². The number of alkyl carbamates (subject to hydrolysis) is 1. The average molecular weight is 1200 g/mol. The van der Waals surface area contributed by atoms with Gasteiger partial charge in [0.2, 0.25) is 5.91 Å². The SMILES string of the molecule is CC(C)CCC[C@@H](C)[C@H]1CCC2C3CC=C4C[C@@H](OCCCC(=O)C(COCCOCCOCCOCCN)C(=O)NCCCN(CCCCN(CCCNC(=O)OC(C)(C)C)C(=O)OC(C)(C)C)C(=O)OC(C)(C)C)CC[C@]4(C)C3CC[C@@]21C. The number of amides is 4. The fraction of sp³-hybridized carbons (Fsp3) is 0.896. The van der Waals surface area contributed by atoms with Crippen LogP contribution in [-0.4, -0.2) is 168 Å². The number of nitrogens with one attached hydrogen (secondary N) is 2. The van der Waals surface area contributed by atoms with Crippen LogP contribution in [-0.2, 0) is 47.5 Å². The van der Waals surface area contributed by atoms with Crippen LogP contribution >= 0.6 is 0 Å². The van der Waals surface area contributed by atoms with E-state index in [0.717, 1.165) is 54.8 Å². The first kappa shape index (κ1) is 73.9. The molecule has 4 unspecified atom stereocenters. The van der Waals surface area contributed by atoms with Gasteiger partial charge in [0, 0.05) is 58.8 Å². The molecular formula is C67H121N5O13. The lowest BCUT2D eigenvalue weighted by atomic mass is 9.47. The topological polar surface area (TPSA) is 216 Å². The minimum atomic E-state index is -1.03. The molecule has 0 aromatic heterocycles. The molecular weight excluding hydrogens is 1080 g/mol. The van der Waals surface area contributed by atoms with Gasteiger partial charge in [0.15, 0.2) is 0 Å². The maximum Gasteiger partial charge on any atom is 0.410 e. The minimum absolute atomic E-state index is 0.0933. The maximum atomic E-state index is 14.0. The fourth-order valence-electron chi connectivity index (χ4n) is 14.0. The zero-order valence-corrected chi connectivity index (χ0v) is 55.8. The fourth-order valence-corrected chi connectivity index (χ4v) is 14.0. The highest BCUT2D eigenvalue weighted by molar-refractivity contribution is 6.01. The van der Waals surface area contributed by atoms with E-state index in [9.17, 15) is 24.0 Å². The Morgan fingerprint density at radius 2 is 1.18 bits per heavy atom. The Bertz CT molecular complexity index is 2040. The van der Waals surface area contributed by atoms with Gasteiger partial charge in [-0.1, -0.05) is 65.5 Å². The van der Waals surface area contributed by atoms with E-state index in [1.807, 2.05) is 41.5 Å². The van der Waals surface area contributed by atoms with Gasteiger partial charge in [-0.25, -0.2) is 14.4 Å². The maximum absolute atomic E-state index is 14.0. The van der Waals surface area contributed by atoms with Crippen molar-refractivity contribution in [2.24, 2.45) is 58.0 Å². The Kier molecular flexibility index (Phi) is 31.5. The molecule has 0 aliphatic heterocycles. The van der Waals surface area contributed by atoms with Gasteiger partial charge in [-0.05, 0) is 192 Å². The van der Waals surface area contributed by atoms with Gasteiger partial charge in [-0.3, -0.25) is 9.59 Å². The van der Waals surface area contributed by atoms with Crippen LogP contribution in [0.15, 0.2) is 11.6 Å². The number of nitrogens with two attached hydrogens (primary N) is 1. The molecule has 4 aliphatic carbocycles. The molecule has 492 valence electrons. The van der Waals surface area contributed by atoms with Gasteiger partial charge in [-0.15, -0.1) is 0 Å². The zero-order chi connectivity index (χ0) is 62.9. The minimum Gasteiger partial charge on any atom is -0.444 e. The summed E-state index contributed by atoms with van der Waals surface area (Å²) in [5.41, 5.74) is 5.69. The first-order valence-corrected chi connectivity index (χ1v) is 33.1. The summed E-state index contributed by atoms with van der Waals surface area (Å²) in [5.74, 6) is 3.13. The van der Waals surface area contributed by atoms with Gasteiger partial charge in [0.25, 0.3) is 0 Å². The van der Waals surface area contributed by atoms with Crippen LogP contribution in [0.25, 0.3) is 0 Å². The molecule has 0 aromatic carbocycles. The van der Waals surface area contributed by atoms with E-state index in [-0.39, 0.29) is 56.6 Å². The summed E-state index contributed by atoms with van der Waals surface area (Å²) in [6.45, 7) is 34.0. The van der Waals surface area contributed by atoms with Crippen molar-refractivity contribution in [2.75, 3.05) is 105 Å². The standard InChI is InChI=1S/C67H121N5O13/c1-49(2)21-17-22-50(3)55-26-27-56-53-25-24-51-47-52(28-30-66(51,13)57(53)29-31-67(55,56)14)82-39-18-23-58(73)54(48-81-46-45-80-44-43-79-42-41-78-40-32-68)59(74)69-33-19-37-71(61(76)84-64(7,8)9)35-15-16-36-72(62(77)85-65(10,11)12)38-20-34-70-60(75)83-63(4,5)6/h24,49-50,52-57H,15-23,25-48,68H2,1-14H3,(H,69,74)(H,70,75)/t50-,52+,53?,54?,55-,56?,57?,66+,67-/m1/s1. The highest BCUT2D eigenvalue weighted by Crippen LogP contribution is 2.67. The van der Waals surface area contributed by atoms with E-state index in [4.69, 9.17) is 43.6 Å². The Hall–Kier alpha value is -3.55. The lowest BCUT2D eigenvalue weighted by Crippen LogP contribution is -2.51. The molecule has 18 heteroatoms. The number of Topliss-reactive ketones (excluding diaryl/α,β-unsaturated/α-hetero) is 1. The van der Waals surface area contributed by atoms with Crippen molar-refractivity contribution >= 4 is 30.0 Å². The molecule has 18 nitrogen and oxygen atoms in total. The molecule has 0 radical (unpaired) electrons. The lowest BCUT2D eigenvalue weighted by molar-refractivity contribution is -0.137. The van der Waals surface area contributed by atoms with Gasteiger partial charge in [-0.2, -0.15) is 0 Å². The molecule has 4 N–H and O–H groups in total. The molecule has 85 heavy (non-hydrogen) atoms. The number of carbonyl (C=O) groups is 5. The van der Waals surface area contributed by atoms with E-state index in [0.29, 0.717) is 110 Å². The van der Waals surface area contributed by atoms with Crippen molar-refractivity contribution in [1.29, 1.82) is 0 Å². The van der Waals surface area contributed by atoms with Crippen LogP contribution in [0.1, 0.15) is 206 Å². The summed E-state index contributed by atoms with van der Waals surface area (Å²) in [4.78, 5) is 70.1. The number of nitrogens with zero attached hydrogens (tertiary/aromatic N) is 2. The quantitative estimate of drug-likeness (QED) is 0.0227. The molecule has 0 bridgehead atoms. The number of carbonyl (C=O) groups excluding carboxylic acids is 5. The predicted molar refractivity (Wildman–Crippen MR) is 334 cm³/mol. The van der Waals surface area contributed by atoms with Crippen LogP contribution in [0.3, 0.4) is 0 Å². The molecule has 9 atom stereocenters. The van der Waals surface area contributed by atoms with Gasteiger partial charge in [0.1, 0.15) is 28.5 Å². The number of allylic oxidation sites excluding steroid dienone is 1. The number of hydrogen-bond acceptors (Lipinski definition) is 14. The molecule has 0 spiro atoms. The van der Waals surface area contributed by atoms with Crippen LogP contribution in [0.2, 0.25) is 0 Å². The van der Waals surface area contributed by atoms with Crippen molar-refractivity contribution < 1.29 is 61.9 Å². The van der Waals surface area contributed by atoms with Crippen molar-refractivity contribution in [3.8, 4) is 0 Å². The van der Waals surface area contributed by atoms with E-state index in [2.05, 4.69) is 51.3 Å². The molecule has 3 fully saturated rings. The van der Waals surface area contributed by atoms with E-state index < -0.39 is 46.9 Å². The van der Waals surface area contributed by atoms with Crippen molar-refractivity contribution in [2.45, 2.75) is 229 Å². The molecule has 0 aromatic rings. The molecule has 0 saturated heterocycles. The Balaban J connectivity index is 1.30. The van der Waals surface area contributed by atoms with Crippen LogP contribution in [0.5, 0.6) is 0 Å². The number of rotatable bonds is 38. The number of unbranched alkanes of at least 4 members (excludes halogenated alkanes) is 1. The first-order chi connectivity index (χ1) is 40.1. The Morgan fingerprint density at radius 3 is 1.74 bits per heavy atom. The molecule has 0 heterocycles. The summed E-state index contributed by atoms with van der Waals surface area (Å²) >= 11 is 0. The monoisotopic (exact) mass is 1200 g/mol. The highest BCUT2D eigenvalue weighted by atomic mass is 16.6. The number of hydrogen-bond donors (Lipinski definition) is 3. The van der Waals surface area contributed by atoms with Crippen LogP contribution < -0.4 is 16.4 Å². The van der Waals surface area contributed by atoms with Crippen molar-refractivity contribution in [3.05, 3.63) is 11.6 Å². The number of fused-ring (bicyclic) bond motifs is 5. The van der Waals surface area contributed by atoms with Crippen molar-refractivity contribution in [1.82, 2.24) is 20.4 Å². The summed E-state index contributed by atoms with van der Waals surface area (Å²) in [6.07, 6.45) is 17.9. The zero-order valence-electron chi connectivity index (χ0n) is 55.8. The average Bonchev–Trinajstić information content (AvgIpc) is 1.81. The summed E-state index contributed by atoms with van der Waals surface area (Å²) in [7, 11) is 0. The molecule has 3 saturated carbocycles. The Labute approximate surface area is 514 Å². The third-order valence-electron chi connectivity index (χ3n) is 18.1. The summed E-state index contributed by atoms with van der Waals surface area (Å²) in [6, 6.07) is 0. The van der Waals surface area contributed by atoms with Crippen LogP contribution in [0.4, 0.5) is 14.4 Å². The van der Waals surface area contributed by atoms with E-state index in [1.54, 1.807) is 36.1 Å². The van der Waals surface area contributed by atoms with Crippen molar-refractivity contribution in [3.63, 3.8) is 0 Å². The smallest absolute Gasteiger partial charge is 0.410 e. The van der Waals surface area contributed by atoms with Gasteiger partial charge >= 0.3 is 18.3 Å². The second kappa shape index (κ2) is 36.2. The second-order valence-corrected chi connectivity index (χ2v) is 28.9.